The van der Waals surface area contributed by atoms with Crippen LogP contribution < -0.4 is 5.32 Å². The van der Waals surface area contributed by atoms with Gasteiger partial charge in [-0.3, -0.25) is 9.78 Å². The molecule has 0 saturated heterocycles. The van der Waals surface area contributed by atoms with Crippen LogP contribution in [0.5, 0.6) is 0 Å². The summed E-state index contributed by atoms with van der Waals surface area (Å²) in [5.74, 6) is -1.38. The maximum atomic E-state index is 13.4. The molecule has 2 aromatic heterocycles. The molecule has 0 radical (unpaired) electrons. The topological polar surface area (TPSA) is 67.8 Å². The van der Waals surface area contributed by atoms with Crippen LogP contribution in [0.2, 0.25) is 0 Å². The third-order valence-corrected chi connectivity index (χ3v) is 4.23. The van der Waals surface area contributed by atoms with E-state index in [0.29, 0.717) is 41.2 Å². The minimum absolute atomic E-state index is 0.126. The summed E-state index contributed by atoms with van der Waals surface area (Å²) < 4.78 is 26.8. The SMILES string of the molecule is O=C1NCCc2c1ccnc2-c1cc(Cc2cc(F)cc(F)c2)ncn1. The molecule has 1 N–H and O–H groups in total. The standard InChI is InChI=1S/C19H14F2N4O/c20-12-5-11(6-13(21)8-12)7-14-9-17(25-10-24-14)18-15-1-4-23-19(26)16(15)2-3-22-18/h2-3,5-6,8-10H,1,4,7H2,(H,23,26). The Bertz CT molecular complexity index is 986. The lowest BCUT2D eigenvalue weighted by molar-refractivity contribution is 0.0946. The third kappa shape index (κ3) is 3.15. The van der Waals surface area contributed by atoms with Gasteiger partial charge in [0, 0.05) is 36.5 Å². The Hall–Kier alpha value is -3.22. The Morgan fingerprint density at radius 3 is 2.65 bits per heavy atom. The van der Waals surface area contributed by atoms with Crippen molar-refractivity contribution >= 4 is 5.91 Å². The van der Waals surface area contributed by atoms with Gasteiger partial charge in [0.2, 0.25) is 0 Å². The molecule has 1 aliphatic rings. The second-order valence-corrected chi connectivity index (χ2v) is 6.04. The summed E-state index contributed by atoms with van der Waals surface area (Å²) in [4.78, 5) is 24.8. The fourth-order valence-corrected chi connectivity index (χ4v) is 3.12. The van der Waals surface area contributed by atoms with Crippen LogP contribution in [0.1, 0.15) is 27.2 Å². The monoisotopic (exact) mass is 352 g/mol. The molecule has 1 aromatic carbocycles. The summed E-state index contributed by atoms with van der Waals surface area (Å²) in [5.41, 5.74) is 3.74. The van der Waals surface area contributed by atoms with Gasteiger partial charge in [0.05, 0.1) is 11.4 Å². The molecule has 0 atom stereocenters. The molecule has 0 fully saturated rings. The number of pyridine rings is 1. The highest BCUT2D eigenvalue weighted by atomic mass is 19.1. The van der Waals surface area contributed by atoms with Crippen molar-refractivity contribution in [2.24, 2.45) is 0 Å². The number of fused-ring (bicyclic) bond motifs is 1. The summed E-state index contributed by atoms with van der Waals surface area (Å²) in [6.45, 7) is 0.547. The summed E-state index contributed by atoms with van der Waals surface area (Å²) in [6.07, 6.45) is 3.89. The highest BCUT2D eigenvalue weighted by Crippen LogP contribution is 2.25. The summed E-state index contributed by atoms with van der Waals surface area (Å²) >= 11 is 0. The first-order valence-electron chi connectivity index (χ1n) is 8.12. The van der Waals surface area contributed by atoms with E-state index in [1.54, 1.807) is 18.3 Å². The number of hydrogen-bond acceptors (Lipinski definition) is 4. The molecule has 1 aliphatic heterocycles. The first-order chi connectivity index (χ1) is 12.6. The Kier molecular flexibility index (Phi) is 4.12. The van der Waals surface area contributed by atoms with E-state index >= 15 is 0 Å². The molecule has 5 nitrogen and oxygen atoms in total. The number of nitrogens with one attached hydrogen (secondary N) is 1. The number of carbonyl (C=O) groups is 1. The van der Waals surface area contributed by atoms with Gasteiger partial charge >= 0.3 is 0 Å². The highest BCUT2D eigenvalue weighted by Gasteiger charge is 2.21. The molecule has 0 saturated carbocycles. The first kappa shape index (κ1) is 16.3. The van der Waals surface area contributed by atoms with Crippen LogP contribution in [-0.2, 0) is 12.8 Å². The van der Waals surface area contributed by atoms with Crippen LogP contribution in [0.25, 0.3) is 11.4 Å². The van der Waals surface area contributed by atoms with Crippen molar-refractivity contribution in [1.29, 1.82) is 0 Å². The van der Waals surface area contributed by atoms with E-state index in [1.165, 1.54) is 18.5 Å². The second-order valence-electron chi connectivity index (χ2n) is 6.04. The van der Waals surface area contributed by atoms with Crippen LogP contribution in [0.4, 0.5) is 8.78 Å². The van der Waals surface area contributed by atoms with Crippen molar-refractivity contribution in [3.63, 3.8) is 0 Å². The van der Waals surface area contributed by atoms with E-state index in [-0.39, 0.29) is 12.3 Å². The molecule has 0 unspecified atom stereocenters. The Labute approximate surface area is 148 Å². The average Bonchev–Trinajstić information content (AvgIpc) is 2.61. The van der Waals surface area contributed by atoms with Gasteiger partial charge in [-0.2, -0.15) is 0 Å². The molecular weight excluding hydrogens is 338 g/mol. The Morgan fingerprint density at radius 2 is 1.85 bits per heavy atom. The summed E-state index contributed by atoms with van der Waals surface area (Å²) in [6, 6.07) is 6.80. The lowest BCUT2D eigenvalue weighted by Crippen LogP contribution is -2.32. The number of halogens is 2. The van der Waals surface area contributed by atoms with Crippen molar-refractivity contribution in [3.8, 4) is 11.4 Å². The molecule has 3 heterocycles. The predicted octanol–water partition coefficient (Wildman–Crippen LogP) is 2.69. The van der Waals surface area contributed by atoms with Gasteiger partial charge in [-0.15, -0.1) is 0 Å². The normalized spacial score (nSPS) is 13.2. The number of nitrogens with zero attached hydrogens (tertiary/aromatic N) is 3. The van der Waals surface area contributed by atoms with Crippen molar-refractivity contribution in [1.82, 2.24) is 20.3 Å². The Balaban J connectivity index is 1.71. The van der Waals surface area contributed by atoms with Gasteiger partial charge < -0.3 is 5.32 Å². The molecule has 130 valence electrons. The van der Waals surface area contributed by atoms with E-state index in [4.69, 9.17) is 0 Å². The largest absolute Gasteiger partial charge is 0.352 e. The number of aromatic nitrogens is 3. The Morgan fingerprint density at radius 1 is 1.04 bits per heavy atom. The van der Waals surface area contributed by atoms with Crippen molar-refractivity contribution < 1.29 is 13.6 Å². The van der Waals surface area contributed by atoms with E-state index in [0.717, 1.165) is 11.6 Å². The number of amides is 1. The summed E-state index contributed by atoms with van der Waals surface area (Å²) in [5, 5.41) is 2.80. The molecule has 1 amide bonds. The number of hydrogen-bond donors (Lipinski definition) is 1. The van der Waals surface area contributed by atoms with E-state index < -0.39 is 11.6 Å². The maximum Gasteiger partial charge on any atom is 0.251 e. The van der Waals surface area contributed by atoms with Crippen molar-refractivity contribution in [2.75, 3.05) is 6.54 Å². The molecule has 0 bridgehead atoms. The van der Waals surface area contributed by atoms with E-state index in [1.807, 2.05) is 0 Å². The third-order valence-electron chi connectivity index (χ3n) is 4.23. The molecule has 7 heteroatoms. The molecule has 0 aliphatic carbocycles. The minimum atomic E-state index is -0.626. The number of rotatable bonds is 3. The van der Waals surface area contributed by atoms with Gasteiger partial charge in [-0.1, -0.05) is 0 Å². The van der Waals surface area contributed by atoms with Gasteiger partial charge in [0.1, 0.15) is 18.0 Å². The average molecular weight is 352 g/mol. The lowest BCUT2D eigenvalue weighted by Gasteiger charge is -2.18. The zero-order chi connectivity index (χ0) is 18.1. The first-order valence-corrected chi connectivity index (χ1v) is 8.12. The highest BCUT2D eigenvalue weighted by molar-refractivity contribution is 5.98. The molecule has 0 spiro atoms. The van der Waals surface area contributed by atoms with Crippen molar-refractivity contribution in [2.45, 2.75) is 12.8 Å². The van der Waals surface area contributed by atoms with E-state index in [2.05, 4.69) is 20.3 Å². The zero-order valence-electron chi connectivity index (χ0n) is 13.7. The van der Waals surface area contributed by atoms with Crippen LogP contribution in [0, 0.1) is 11.6 Å². The van der Waals surface area contributed by atoms with Gasteiger partial charge in [-0.25, -0.2) is 18.7 Å². The fourth-order valence-electron chi connectivity index (χ4n) is 3.12. The van der Waals surface area contributed by atoms with Gasteiger partial charge in [0.15, 0.2) is 0 Å². The van der Waals surface area contributed by atoms with Crippen LogP contribution in [0.15, 0.2) is 42.9 Å². The molecule has 26 heavy (non-hydrogen) atoms. The lowest BCUT2D eigenvalue weighted by atomic mass is 9.97. The molecule has 3 aromatic rings. The maximum absolute atomic E-state index is 13.4. The van der Waals surface area contributed by atoms with Crippen LogP contribution >= 0.6 is 0 Å². The van der Waals surface area contributed by atoms with Crippen LogP contribution in [0.3, 0.4) is 0 Å². The second kappa shape index (κ2) is 6.59. The fraction of sp³-hybridized carbons (Fsp3) is 0.158. The zero-order valence-corrected chi connectivity index (χ0v) is 13.7. The molecule has 4 rings (SSSR count). The van der Waals surface area contributed by atoms with Gasteiger partial charge in [0.25, 0.3) is 5.91 Å². The molecular formula is C19H14F2N4O. The van der Waals surface area contributed by atoms with Gasteiger partial charge in [-0.05, 0) is 41.8 Å². The van der Waals surface area contributed by atoms with E-state index in [9.17, 15) is 13.6 Å². The quantitative estimate of drug-likeness (QED) is 0.787. The number of carbonyl (C=O) groups excluding carboxylic acids is 1. The summed E-state index contributed by atoms with van der Waals surface area (Å²) in [7, 11) is 0. The smallest absolute Gasteiger partial charge is 0.251 e. The van der Waals surface area contributed by atoms with Crippen LogP contribution in [-0.4, -0.2) is 27.4 Å². The van der Waals surface area contributed by atoms with Crippen molar-refractivity contribution in [3.05, 3.63) is 76.9 Å². The predicted molar refractivity (Wildman–Crippen MR) is 90.5 cm³/mol. The minimum Gasteiger partial charge on any atom is -0.352 e. The number of benzene rings is 1.